The Morgan fingerprint density at radius 1 is 1.27 bits per heavy atom. The van der Waals surface area contributed by atoms with Crippen LogP contribution in [0.2, 0.25) is 0 Å². The number of hydrogen-bond acceptors (Lipinski definition) is 6. The van der Waals surface area contributed by atoms with E-state index in [1.807, 2.05) is 0 Å². The smallest absolute Gasteiger partial charge is 0.417 e. The molecule has 0 radical (unpaired) electrons. The number of rotatable bonds is 6. The van der Waals surface area contributed by atoms with Crippen LogP contribution in [-0.4, -0.2) is 17.6 Å². The molecule has 1 aromatic carbocycles. The summed E-state index contributed by atoms with van der Waals surface area (Å²) in [6.07, 6.45) is -3.49. The van der Waals surface area contributed by atoms with Gasteiger partial charge in [-0.1, -0.05) is 42.1 Å². The molecule has 3 rings (SSSR count). The number of carbonyl (C=O) groups excluding carboxylic acids is 1. The molecule has 0 N–H and O–H groups in total. The number of thioether (sulfide) groups is 1. The molecule has 0 spiro atoms. The lowest BCUT2D eigenvalue weighted by atomic mass is 10.1. The van der Waals surface area contributed by atoms with Crippen LogP contribution in [0.15, 0.2) is 64.2 Å². The number of nitriles is 1. The number of alkyl halides is 3. The Morgan fingerprint density at radius 3 is 2.57 bits per heavy atom. The molecule has 0 aliphatic carbocycles. The second-order valence-electron chi connectivity index (χ2n) is 5.98. The van der Waals surface area contributed by atoms with Crippen molar-refractivity contribution in [1.82, 2.24) is 4.98 Å². The topological polar surface area (TPSA) is 76.1 Å². The summed E-state index contributed by atoms with van der Waals surface area (Å²) in [5, 5.41) is 8.23. The number of nitrogens with zero attached hydrogens (tertiary/aromatic N) is 2. The van der Waals surface area contributed by atoms with E-state index in [1.54, 1.807) is 43.3 Å². The highest BCUT2D eigenvalue weighted by Gasteiger charge is 2.37. The van der Waals surface area contributed by atoms with E-state index in [2.05, 4.69) is 4.98 Å². The molecule has 0 bridgehead atoms. The Hall–Kier alpha value is -3.25. The number of halogens is 3. The van der Waals surface area contributed by atoms with Gasteiger partial charge in [0.15, 0.2) is 5.76 Å². The zero-order chi connectivity index (χ0) is 21.7. The van der Waals surface area contributed by atoms with E-state index in [9.17, 15) is 23.2 Å². The molecule has 2 heterocycles. The SMILES string of the molecule is CCOC(=O)C(Sc1nc(-c2ccco2)cc(C(F)(F)F)c1C#N)c1ccccc1. The lowest BCUT2D eigenvalue weighted by Crippen LogP contribution is -2.15. The first-order valence-electron chi connectivity index (χ1n) is 8.79. The largest absolute Gasteiger partial charge is 0.465 e. The van der Waals surface area contributed by atoms with E-state index in [1.165, 1.54) is 18.4 Å². The van der Waals surface area contributed by atoms with Gasteiger partial charge in [0.2, 0.25) is 0 Å². The van der Waals surface area contributed by atoms with Crippen LogP contribution in [0, 0.1) is 11.3 Å². The average molecular weight is 432 g/mol. The summed E-state index contributed by atoms with van der Waals surface area (Å²) >= 11 is 0.733. The van der Waals surface area contributed by atoms with Gasteiger partial charge in [-0.2, -0.15) is 18.4 Å². The van der Waals surface area contributed by atoms with E-state index in [0.29, 0.717) is 5.56 Å². The van der Waals surface area contributed by atoms with Crippen molar-refractivity contribution in [2.45, 2.75) is 23.4 Å². The number of furan rings is 1. The average Bonchev–Trinajstić information content (AvgIpc) is 3.26. The lowest BCUT2D eigenvalue weighted by molar-refractivity contribution is -0.142. The summed E-state index contributed by atoms with van der Waals surface area (Å²) < 4.78 is 51.3. The van der Waals surface area contributed by atoms with E-state index in [-0.39, 0.29) is 23.1 Å². The van der Waals surface area contributed by atoms with Crippen LogP contribution >= 0.6 is 11.8 Å². The van der Waals surface area contributed by atoms with Gasteiger partial charge in [0.25, 0.3) is 0 Å². The van der Waals surface area contributed by atoms with Crippen molar-refractivity contribution in [2.24, 2.45) is 0 Å². The predicted molar refractivity (Wildman–Crippen MR) is 103 cm³/mol. The van der Waals surface area contributed by atoms with E-state index in [4.69, 9.17) is 9.15 Å². The molecule has 5 nitrogen and oxygen atoms in total. The summed E-state index contributed by atoms with van der Waals surface area (Å²) in [6.45, 7) is 1.73. The molecular weight excluding hydrogens is 417 g/mol. The summed E-state index contributed by atoms with van der Waals surface area (Å²) in [4.78, 5) is 16.8. The number of hydrogen-bond donors (Lipinski definition) is 0. The van der Waals surface area contributed by atoms with Gasteiger partial charge in [0.1, 0.15) is 22.0 Å². The molecule has 9 heteroatoms. The van der Waals surface area contributed by atoms with E-state index < -0.39 is 28.5 Å². The van der Waals surface area contributed by atoms with Crippen molar-refractivity contribution in [3.8, 4) is 17.5 Å². The zero-order valence-corrected chi connectivity index (χ0v) is 16.5. The van der Waals surface area contributed by atoms with Crippen LogP contribution in [0.3, 0.4) is 0 Å². The molecule has 0 aliphatic rings. The summed E-state index contributed by atoms with van der Waals surface area (Å²) in [6, 6.07) is 13.8. The van der Waals surface area contributed by atoms with Gasteiger partial charge in [-0.05, 0) is 30.7 Å². The molecule has 0 aliphatic heterocycles. The normalized spacial score (nSPS) is 12.2. The third-order valence-electron chi connectivity index (χ3n) is 4.01. The molecule has 1 atom stereocenters. The van der Waals surface area contributed by atoms with Gasteiger partial charge in [-0.3, -0.25) is 4.79 Å². The first-order valence-corrected chi connectivity index (χ1v) is 9.67. The van der Waals surface area contributed by atoms with Crippen molar-refractivity contribution in [2.75, 3.05) is 6.61 Å². The van der Waals surface area contributed by atoms with Gasteiger partial charge in [-0.15, -0.1) is 0 Å². The lowest BCUT2D eigenvalue weighted by Gasteiger charge is -2.18. The molecule has 30 heavy (non-hydrogen) atoms. The molecule has 1 unspecified atom stereocenters. The molecule has 0 amide bonds. The van der Waals surface area contributed by atoms with Crippen LogP contribution in [0.25, 0.3) is 11.5 Å². The Kier molecular flexibility index (Phi) is 6.47. The van der Waals surface area contributed by atoms with E-state index in [0.717, 1.165) is 17.8 Å². The van der Waals surface area contributed by atoms with Crippen molar-refractivity contribution < 1.29 is 27.1 Å². The third-order valence-corrected chi connectivity index (χ3v) is 5.23. The highest BCUT2D eigenvalue weighted by atomic mass is 32.2. The van der Waals surface area contributed by atoms with Crippen molar-refractivity contribution in [3.05, 3.63) is 71.5 Å². The van der Waals surface area contributed by atoms with Crippen LogP contribution < -0.4 is 0 Å². The molecule has 2 aromatic heterocycles. The number of ether oxygens (including phenoxy) is 1. The molecular formula is C21H15F3N2O3S. The maximum absolute atomic E-state index is 13.7. The molecule has 3 aromatic rings. The number of carbonyl (C=O) groups is 1. The van der Waals surface area contributed by atoms with Gasteiger partial charge in [0, 0.05) is 0 Å². The van der Waals surface area contributed by atoms with Gasteiger partial charge in [0.05, 0.1) is 24.0 Å². The van der Waals surface area contributed by atoms with Gasteiger partial charge >= 0.3 is 12.1 Å². The molecule has 0 saturated heterocycles. The minimum atomic E-state index is -4.79. The number of esters is 1. The Balaban J connectivity index is 2.16. The fraction of sp³-hybridized carbons (Fsp3) is 0.190. The zero-order valence-electron chi connectivity index (χ0n) is 15.6. The Labute approximate surface area is 174 Å². The van der Waals surface area contributed by atoms with Crippen molar-refractivity contribution in [1.29, 1.82) is 5.26 Å². The number of benzene rings is 1. The van der Waals surface area contributed by atoms with Crippen LogP contribution in [-0.2, 0) is 15.7 Å². The number of aromatic nitrogens is 1. The second kappa shape index (κ2) is 9.05. The van der Waals surface area contributed by atoms with Gasteiger partial charge < -0.3 is 9.15 Å². The number of pyridine rings is 1. The monoisotopic (exact) mass is 432 g/mol. The molecule has 0 saturated carbocycles. The highest BCUT2D eigenvalue weighted by Crippen LogP contribution is 2.42. The Bertz CT molecular complexity index is 1060. The van der Waals surface area contributed by atoms with Crippen LogP contribution in [0.1, 0.15) is 28.9 Å². The minimum absolute atomic E-state index is 0.0931. The van der Waals surface area contributed by atoms with Crippen LogP contribution in [0.4, 0.5) is 13.2 Å². The summed E-state index contributed by atoms with van der Waals surface area (Å²) in [5.41, 5.74) is -1.38. The van der Waals surface area contributed by atoms with Crippen molar-refractivity contribution >= 4 is 17.7 Å². The Morgan fingerprint density at radius 2 is 2.00 bits per heavy atom. The second-order valence-corrected chi connectivity index (χ2v) is 7.08. The molecule has 0 fully saturated rings. The van der Waals surface area contributed by atoms with Gasteiger partial charge in [-0.25, -0.2) is 4.98 Å². The maximum atomic E-state index is 13.7. The standard InChI is InChI=1S/C21H15F3N2O3S/c1-2-28-20(27)18(13-7-4-3-5-8-13)30-19-14(12-25)15(21(22,23)24)11-16(26-19)17-9-6-10-29-17/h3-11,18H,2H2,1H3. The highest BCUT2D eigenvalue weighted by molar-refractivity contribution is 8.00. The van der Waals surface area contributed by atoms with E-state index >= 15 is 0 Å². The molecule has 154 valence electrons. The summed E-state index contributed by atoms with van der Waals surface area (Å²) in [7, 11) is 0. The van der Waals surface area contributed by atoms with Crippen molar-refractivity contribution in [3.63, 3.8) is 0 Å². The predicted octanol–water partition coefficient (Wildman–Crippen LogP) is 5.63. The summed E-state index contributed by atoms with van der Waals surface area (Å²) in [5.74, 6) is -0.532. The fourth-order valence-corrected chi connectivity index (χ4v) is 3.80. The quantitative estimate of drug-likeness (QED) is 0.371. The fourth-order valence-electron chi connectivity index (χ4n) is 2.70. The van der Waals surface area contributed by atoms with Crippen LogP contribution in [0.5, 0.6) is 0 Å². The maximum Gasteiger partial charge on any atom is 0.417 e. The minimum Gasteiger partial charge on any atom is -0.465 e. The third kappa shape index (κ3) is 4.66. The first-order chi connectivity index (χ1) is 14.3. The first kappa shape index (κ1) is 21.5.